The molecule has 1 N–H and O–H groups in total. The summed E-state index contributed by atoms with van der Waals surface area (Å²) in [7, 11) is 1.56. The van der Waals surface area contributed by atoms with Crippen molar-refractivity contribution in [1.82, 2.24) is 4.98 Å². The molecule has 1 aromatic carbocycles. The van der Waals surface area contributed by atoms with Gasteiger partial charge in [0.1, 0.15) is 13.2 Å². The molecule has 1 unspecified atom stereocenters. The number of rotatable bonds is 4. The fraction of sp³-hybridized carbons (Fsp3) is 0.312. The predicted octanol–water partition coefficient (Wildman–Crippen LogP) is 3.44. The number of aliphatic hydroxyl groups is 1. The number of methoxy groups -OCH3 is 1. The number of benzene rings is 1. The van der Waals surface area contributed by atoms with E-state index in [4.69, 9.17) is 37.4 Å². The lowest BCUT2D eigenvalue weighted by Gasteiger charge is -2.25. The first-order valence-corrected chi connectivity index (χ1v) is 7.79. The maximum Gasteiger partial charge on any atom is 0.204 e. The predicted molar refractivity (Wildman–Crippen MR) is 86.9 cm³/mol. The summed E-state index contributed by atoms with van der Waals surface area (Å²) in [6.07, 6.45) is 2.38. The van der Waals surface area contributed by atoms with Gasteiger partial charge in [0.15, 0.2) is 11.5 Å². The number of aromatic nitrogens is 1. The number of fused-ring (bicyclic) bond motifs is 1. The van der Waals surface area contributed by atoms with Crippen molar-refractivity contribution in [1.29, 1.82) is 0 Å². The van der Waals surface area contributed by atoms with E-state index in [-0.39, 0.29) is 6.42 Å². The number of aliphatic hydroxyl groups excluding tert-OH is 1. The summed E-state index contributed by atoms with van der Waals surface area (Å²) in [5, 5.41) is 11.5. The molecule has 2 aromatic rings. The minimum atomic E-state index is -0.853. The van der Waals surface area contributed by atoms with Gasteiger partial charge in [0.25, 0.3) is 0 Å². The standard InChI is InChI=1S/C16H15Cl2NO4/c1-21-14-3-2-9(15-16(14)23-5-4-22-15)13(20)6-10-11(17)7-19-8-12(10)18/h2-3,7-8,13,20H,4-6H2,1H3. The minimum absolute atomic E-state index is 0.238. The van der Waals surface area contributed by atoms with Crippen LogP contribution < -0.4 is 14.2 Å². The van der Waals surface area contributed by atoms with Crippen molar-refractivity contribution >= 4 is 23.2 Å². The zero-order chi connectivity index (χ0) is 16.4. The van der Waals surface area contributed by atoms with E-state index in [0.717, 1.165) is 0 Å². The van der Waals surface area contributed by atoms with Crippen LogP contribution in [-0.2, 0) is 6.42 Å². The van der Waals surface area contributed by atoms with Gasteiger partial charge in [0.05, 0.1) is 23.3 Å². The van der Waals surface area contributed by atoms with E-state index in [2.05, 4.69) is 4.98 Å². The van der Waals surface area contributed by atoms with Crippen molar-refractivity contribution in [2.75, 3.05) is 20.3 Å². The molecule has 0 amide bonds. The van der Waals surface area contributed by atoms with Gasteiger partial charge in [-0.05, 0) is 17.7 Å². The highest BCUT2D eigenvalue weighted by Crippen LogP contribution is 2.45. The molecule has 3 rings (SSSR count). The van der Waals surface area contributed by atoms with Gasteiger partial charge in [-0.25, -0.2) is 0 Å². The number of hydrogen-bond donors (Lipinski definition) is 1. The first-order valence-electron chi connectivity index (χ1n) is 7.04. The van der Waals surface area contributed by atoms with Gasteiger partial charge < -0.3 is 19.3 Å². The molecule has 23 heavy (non-hydrogen) atoms. The first kappa shape index (κ1) is 16.2. The molecule has 1 aliphatic heterocycles. The average molecular weight is 356 g/mol. The third-order valence-corrected chi connectivity index (χ3v) is 4.26. The van der Waals surface area contributed by atoms with Gasteiger partial charge in [-0.3, -0.25) is 4.98 Å². The van der Waals surface area contributed by atoms with E-state index in [1.807, 2.05) is 0 Å². The van der Waals surface area contributed by atoms with Crippen LogP contribution in [0.4, 0.5) is 0 Å². The normalized spacial score (nSPS) is 14.4. The van der Waals surface area contributed by atoms with Crippen LogP contribution in [0.1, 0.15) is 17.2 Å². The molecule has 0 saturated carbocycles. The molecule has 1 atom stereocenters. The van der Waals surface area contributed by atoms with Crippen LogP contribution >= 0.6 is 23.2 Å². The van der Waals surface area contributed by atoms with E-state index in [9.17, 15) is 5.11 Å². The molecule has 1 aromatic heterocycles. The van der Waals surface area contributed by atoms with Crippen LogP contribution in [0.15, 0.2) is 24.5 Å². The van der Waals surface area contributed by atoms with E-state index in [0.29, 0.717) is 51.6 Å². The van der Waals surface area contributed by atoms with Crippen molar-refractivity contribution < 1.29 is 19.3 Å². The molecule has 5 nitrogen and oxygen atoms in total. The molecule has 1 aliphatic rings. The topological polar surface area (TPSA) is 60.8 Å². The number of hydrogen-bond acceptors (Lipinski definition) is 5. The Morgan fingerprint density at radius 3 is 2.48 bits per heavy atom. The number of pyridine rings is 1. The van der Waals surface area contributed by atoms with Crippen molar-refractivity contribution in [3.05, 3.63) is 45.7 Å². The second-order valence-corrected chi connectivity index (χ2v) is 5.83. The summed E-state index contributed by atoms with van der Waals surface area (Å²) >= 11 is 12.2. The fourth-order valence-electron chi connectivity index (χ4n) is 2.49. The number of nitrogens with zero attached hydrogens (tertiary/aromatic N) is 1. The van der Waals surface area contributed by atoms with Gasteiger partial charge in [-0.1, -0.05) is 23.2 Å². The van der Waals surface area contributed by atoms with Crippen LogP contribution in [-0.4, -0.2) is 30.4 Å². The van der Waals surface area contributed by atoms with E-state index >= 15 is 0 Å². The Morgan fingerprint density at radius 2 is 1.83 bits per heavy atom. The van der Waals surface area contributed by atoms with Gasteiger partial charge in [0.2, 0.25) is 5.75 Å². The molecule has 2 heterocycles. The van der Waals surface area contributed by atoms with Crippen LogP contribution in [0.2, 0.25) is 10.0 Å². The highest BCUT2D eigenvalue weighted by atomic mass is 35.5. The molecule has 0 spiro atoms. The van der Waals surface area contributed by atoms with Crippen molar-refractivity contribution in [2.24, 2.45) is 0 Å². The molecule has 0 saturated heterocycles. The molecule has 0 aliphatic carbocycles. The Bertz CT molecular complexity index is 703. The highest BCUT2D eigenvalue weighted by Gasteiger charge is 2.25. The Kier molecular flexibility index (Phi) is 4.80. The van der Waals surface area contributed by atoms with E-state index in [1.165, 1.54) is 12.4 Å². The zero-order valence-electron chi connectivity index (χ0n) is 12.4. The maximum absolute atomic E-state index is 10.6. The van der Waals surface area contributed by atoms with Crippen molar-refractivity contribution in [3.63, 3.8) is 0 Å². The number of halogens is 2. The van der Waals surface area contributed by atoms with E-state index in [1.54, 1.807) is 19.2 Å². The van der Waals surface area contributed by atoms with Gasteiger partial charge in [-0.15, -0.1) is 0 Å². The van der Waals surface area contributed by atoms with Crippen LogP contribution in [0, 0.1) is 0 Å². The van der Waals surface area contributed by atoms with Crippen LogP contribution in [0.3, 0.4) is 0 Å². The van der Waals surface area contributed by atoms with E-state index < -0.39 is 6.10 Å². The quantitative estimate of drug-likeness (QED) is 0.909. The summed E-state index contributed by atoms with van der Waals surface area (Å²) < 4.78 is 16.6. The summed E-state index contributed by atoms with van der Waals surface area (Å²) in [5.41, 5.74) is 1.24. The molecule has 0 bridgehead atoms. The monoisotopic (exact) mass is 355 g/mol. The second kappa shape index (κ2) is 6.83. The van der Waals surface area contributed by atoms with Gasteiger partial charge >= 0.3 is 0 Å². The smallest absolute Gasteiger partial charge is 0.204 e. The fourth-order valence-corrected chi connectivity index (χ4v) is 3.01. The Hall–Kier alpha value is -1.69. The lowest BCUT2D eigenvalue weighted by Crippen LogP contribution is -2.18. The van der Waals surface area contributed by atoms with Gasteiger partial charge in [-0.2, -0.15) is 0 Å². The summed E-state index contributed by atoms with van der Waals surface area (Å²) in [5.74, 6) is 1.56. The molecular weight excluding hydrogens is 341 g/mol. The molecule has 0 radical (unpaired) electrons. The lowest BCUT2D eigenvalue weighted by molar-refractivity contribution is 0.142. The van der Waals surface area contributed by atoms with Crippen molar-refractivity contribution in [2.45, 2.75) is 12.5 Å². The lowest BCUT2D eigenvalue weighted by atomic mass is 10.00. The molecular formula is C16H15Cl2NO4. The Morgan fingerprint density at radius 1 is 1.17 bits per heavy atom. The molecule has 7 heteroatoms. The highest BCUT2D eigenvalue weighted by molar-refractivity contribution is 6.35. The van der Waals surface area contributed by atoms with Crippen LogP contribution in [0.25, 0.3) is 0 Å². The summed E-state index contributed by atoms with van der Waals surface area (Å²) in [6, 6.07) is 3.49. The molecule has 122 valence electrons. The summed E-state index contributed by atoms with van der Waals surface area (Å²) in [4.78, 5) is 3.91. The second-order valence-electron chi connectivity index (χ2n) is 5.01. The Labute approximate surface area is 143 Å². The number of ether oxygens (including phenoxy) is 3. The maximum atomic E-state index is 10.6. The molecule has 0 fully saturated rings. The average Bonchev–Trinajstić information content (AvgIpc) is 2.57. The summed E-state index contributed by atoms with van der Waals surface area (Å²) in [6.45, 7) is 0.849. The largest absolute Gasteiger partial charge is 0.493 e. The third kappa shape index (κ3) is 3.17. The Balaban J connectivity index is 1.95. The minimum Gasteiger partial charge on any atom is -0.493 e. The third-order valence-electron chi connectivity index (χ3n) is 3.61. The van der Waals surface area contributed by atoms with Crippen molar-refractivity contribution in [3.8, 4) is 17.2 Å². The van der Waals surface area contributed by atoms with Gasteiger partial charge in [0, 0.05) is 24.4 Å². The SMILES string of the molecule is COc1ccc(C(O)Cc2c(Cl)cncc2Cl)c2c1OCCO2. The zero-order valence-corrected chi connectivity index (χ0v) is 13.9. The van der Waals surface area contributed by atoms with Crippen LogP contribution in [0.5, 0.6) is 17.2 Å². The first-order chi connectivity index (χ1) is 11.1.